The fraction of sp³-hybridized carbons (Fsp3) is 0.571. The van der Waals surface area contributed by atoms with Gasteiger partial charge < -0.3 is 10.6 Å². The van der Waals surface area contributed by atoms with Gasteiger partial charge in [-0.2, -0.15) is 0 Å². The average molecular weight is 238 g/mol. The van der Waals surface area contributed by atoms with Crippen LogP contribution in [0, 0.1) is 17.7 Å². The third-order valence-electron chi connectivity index (χ3n) is 3.24. The highest BCUT2D eigenvalue weighted by atomic mass is 19.1. The number of hydrogen-bond acceptors (Lipinski definition) is 2. The zero-order valence-corrected chi connectivity index (χ0v) is 11.1. The van der Waals surface area contributed by atoms with Gasteiger partial charge in [0, 0.05) is 6.04 Å². The van der Waals surface area contributed by atoms with Gasteiger partial charge in [-0.3, -0.25) is 0 Å². The Bertz CT molecular complexity index is 339. The summed E-state index contributed by atoms with van der Waals surface area (Å²) in [4.78, 5) is 0. The second-order valence-corrected chi connectivity index (χ2v) is 4.79. The summed E-state index contributed by atoms with van der Waals surface area (Å²) in [6, 6.07) is 7.03. The molecule has 0 saturated heterocycles. The van der Waals surface area contributed by atoms with Crippen molar-refractivity contribution in [2.24, 2.45) is 11.8 Å². The molecular weight excluding hydrogens is 215 g/mol. The normalized spacial score (nSPS) is 14.9. The van der Waals surface area contributed by atoms with Gasteiger partial charge in [0.15, 0.2) is 0 Å². The van der Waals surface area contributed by atoms with Gasteiger partial charge in [-0.05, 0) is 50.2 Å². The number of benzene rings is 1. The van der Waals surface area contributed by atoms with E-state index < -0.39 is 0 Å². The fourth-order valence-corrected chi connectivity index (χ4v) is 2.30. The Hall–Kier alpha value is -0.930. The summed E-state index contributed by atoms with van der Waals surface area (Å²) in [6.07, 6.45) is 0. The molecule has 2 N–H and O–H groups in total. The van der Waals surface area contributed by atoms with E-state index in [1.54, 1.807) is 12.1 Å². The van der Waals surface area contributed by atoms with Crippen molar-refractivity contribution in [3.8, 4) is 0 Å². The van der Waals surface area contributed by atoms with Crippen LogP contribution in [0.5, 0.6) is 0 Å². The standard InChI is InChI=1S/C14H23FN2/c1-10(2)13(9-16-3)14(17-4)11-6-5-7-12(15)8-11/h5-8,10,13-14,16-17H,9H2,1-4H3. The van der Waals surface area contributed by atoms with Crippen LogP contribution < -0.4 is 10.6 Å². The van der Waals surface area contributed by atoms with Crippen LogP contribution in [0.25, 0.3) is 0 Å². The fourth-order valence-electron chi connectivity index (χ4n) is 2.30. The van der Waals surface area contributed by atoms with Gasteiger partial charge in [0.05, 0.1) is 0 Å². The van der Waals surface area contributed by atoms with E-state index in [9.17, 15) is 4.39 Å². The monoisotopic (exact) mass is 238 g/mol. The van der Waals surface area contributed by atoms with E-state index in [1.807, 2.05) is 20.2 Å². The van der Waals surface area contributed by atoms with Crippen molar-refractivity contribution in [3.05, 3.63) is 35.6 Å². The average Bonchev–Trinajstić information content (AvgIpc) is 2.29. The lowest BCUT2D eigenvalue weighted by atomic mass is 9.84. The summed E-state index contributed by atoms with van der Waals surface area (Å²) in [5.74, 6) is 0.796. The Morgan fingerprint density at radius 1 is 1.24 bits per heavy atom. The van der Waals surface area contributed by atoms with Gasteiger partial charge in [0.1, 0.15) is 5.82 Å². The zero-order valence-electron chi connectivity index (χ0n) is 11.1. The smallest absolute Gasteiger partial charge is 0.123 e. The van der Waals surface area contributed by atoms with Gasteiger partial charge >= 0.3 is 0 Å². The number of halogens is 1. The summed E-state index contributed by atoms with van der Waals surface area (Å²) in [6.45, 7) is 5.32. The molecule has 1 rings (SSSR count). The molecule has 96 valence electrons. The summed E-state index contributed by atoms with van der Waals surface area (Å²) in [5.41, 5.74) is 1.02. The first-order valence-corrected chi connectivity index (χ1v) is 6.17. The molecule has 0 spiro atoms. The second-order valence-electron chi connectivity index (χ2n) is 4.79. The molecule has 3 heteroatoms. The van der Waals surface area contributed by atoms with Crippen LogP contribution >= 0.6 is 0 Å². The lowest BCUT2D eigenvalue weighted by Crippen LogP contribution is -2.35. The van der Waals surface area contributed by atoms with Crippen LogP contribution in [-0.4, -0.2) is 20.6 Å². The van der Waals surface area contributed by atoms with Gasteiger partial charge in [-0.1, -0.05) is 26.0 Å². The van der Waals surface area contributed by atoms with Gasteiger partial charge in [-0.25, -0.2) is 4.39 Å². The van der Waals surface area contributed by atoms with Crippen LogP contribution in [0.4, 0.5) is 4.39 Å². The maximum atomic E-state index is 13.3. The largest absolute Gasteiger partial charge is 0.319 e. The molecular formula is C14H23FN2. The minimum absolute atomic E-state index is 0.172. The Morgan fingerprint density at radius 3 is 2.41 bits per heavy atom. The Balaban J connectivity index is 2.95. The second kappa shape index (κ2) is 6.72. The molecule has 0 bridgehead atoms. The molecule has 0 aliphatic heterocycles. The van der Waals surface area contributed by atoms with Crippen molar-refractivity contribution in [1.29, 1.82) is 0 Å². The highest BCUT2D eigenvalue weighted by Gasteiger charge is 2.24. The van der Waals surface area contributed by atoms with Gasteiger partial charge in [0.2, 0.25) is 0 Å². The number of hydrogen-bond donors (Lipinski definition) is 2. The summed E-state index contributed by atoms with van der Waals surface area (Å²) in [5, 5.41) is 6.52. The van der Waals surface area contributed by atoms with Crippen LogP contribution in [0.3, 0.4) is 0 Å². The van der Waals surface area contributed by atoms with E-state index in [4.69, 9.17) is 0 Å². The molecule has 1 aromatic carbocycles. The molecule has 0 saturated carbocycles. The van der Waals surface area contributed by atoms with Crippen molar-refractivity contribution < 1.29 is 4.39 Å². The van der Waals surface area contributed by atoms with E-state index in [2.05, 4.69) is 24.5 Å². The molecule has 0 radical (unpaired) electrons. The summed E-state index contributed by atoms with van der Waals surface area (Å²) < 4.78 is 13.3. The van der Waals surface area contributed by atoms with Crippen molar-refractivity contribution in [1.82, 2.24) is 10.6 Å². The molecule has 0 aromatic heterocycles. The Kier molecular flexibility index (Phi) is 5.59. The maximum absolute atomic E-state index is 13.3. The van der Waals surface area contributed by atoms with E-state index in [0.29, 0.717) is 11.8 Å². The molecule has 0 amide bonds. The third kappa shape index (κ3) is 3.79. The molecule has 0 heterocycles. The molecule has 2 nitrogen and oxygen atoms in total. The molecule has 17 heavy (non-hydrogen) atoms. The third-order valence-corrected chi connectivity index (χ3v) is 3.24. The van der Waals surface area contributed by atoms with E-state index in [-0.39, 0.29) is 11.9 Å². The Morgan fingerprint density at radius 2 is 1.94 bits per heavy atom. The van der Waals surface area contributed by atoms with Crippen molar-refractivity contribution >= 4 is 0 Å². The molecule has 0 fully saturated rings. The Labute approximate surface area is 104 Å². The summed E-state index contributed by atoms with van der Waals surface area (Å²) in [7, 11) is 3.88. The summed E-state index contributed by atoms with van der Waals surface area (Å²) >= 11 is 0. The lowest BCUT2D eigenvalue weighted by molar-refractivity contribution is 0.284. The molecule has 2 unspecified atom stereocenters. The quantitative estimate of drug-likeness (QED) is 0.796. The SMILES string of the molecule is CNCC(C(C)C)C(NC)c1cccc(F)c1. The predicted molar refractivity (Wildman–Crippen MR) is 70.5 cm³/mol. The first kappa shape index (κ1) is 14.1. The van der Waals surface area contributed by atoms with Crippen molar-refractivity contribution in [3.63, 3.8) is 0 Å². The maximum Gasteiger partial charge on any atom is 0.123 e. The first-order valence-electron chi connectivity index (χ1n) is 6.17. The first-order chi connectivity index (χ1) is 8.10. The topological polar surface area (TPSA) is 24.1 Å². The van der Waals surface area contributed by atoms with Crippen LogP contribution in [-0.2, 0) is 0 Å². The lowest BCUT2D eigenvalue weighted by Gasteiger charge is -2.30. The van der Waals surface area contributed by atoms with Gasteiger partial charge in [-0.15, -0.1) is 0 Å². The van der Waals surface area contributed by atoms with Crippen LogP contribution in [0.1, 0.15) is 25.5 Å². The van der Waals surface area contributed by atoms with E-state index in [0.717, 1.165) is 12.1 Å². The zero-order chi connectivity index (χ0) is 12.8. The molecule has 1 aromatic rings. The van der Waals surface area contributed by atoms with Crippen molar-refractivity contribution in [2.45, 2.75) is 19.9 Å². The molecule has 2 atom stereocenters. The molecule has 0 aliphatic carbocycles. The van der Waals surface area contributed by atoms with E-state index >= 15 is 0 Å². The number of rotatable bonds is 6. The minimum atomic E-state index is -0.172. The van der Waals surface area contributed by atoms with E-state index in [1.165, 1.54) is 6.07 Å². The predicted octanol–water partition coefficient (Wildman–Crippen LogP) is 2.58. The number of nitrogens with one attached hydrogen (secondary N) is 2. The minimum Gasteiger partial charge on any atom is -0.319 e. The highest BCUT2D eigenvalue weighted by molar-refractivity contribution is 5.21. The highest BCUT2D eigenvalue weighted by Crippen LogP contribution is 2.27. The van der Waals surface area contributed by atoms with Crippen molar-refractivity contribution in [2.75, 3.05) is 20.6 Å². The van der Waals surface area contributed by atoms with Gasteiger partial charge in [0.25, 0.3) is 0 Å². The van der Waals surface area contributed by atoms with Crippen LogP contribution in [0.2, 0.25) is 0 Å². The van der Waals surface area contributed by atoms with Crippen LogP contribution in [0.15, 0.2) is 24.3 Å². The molecule has 0 aliphatic rings.